The summed E-state index contributed by atoms with van der Waals surface area (Å²) in [5.41, 5.74) is 2.95. The average Bonchev–Trinajstić information content (AvgIpc) is 2.17. The first kappa shape index (κ1) is 15.5. The Labute approximate surface area is 103 Å². The third-order valence-corrected chi connectivity index (χ3v) is 2.97. The summed E-state index contributed by atoms with van der Waals surface area (Å²) in [7, 11) is 0. The van der Waals surface area contributed by atoms with Gasteiger partial charge in [0.05, 0.1) is 0 Å². The molecule has 0 aliphatic rings. The van der Waals surface area contributed by atoms with Gasteiger partial charge in [-0.1, -0.05) is 36.6 Å². The van der Waals surface area contributed by atoms with Crippen LogP contribution in [0.25, 0.3) is 0 Å². The zero-order chi connectivity index (χ0) is 12.4. The van der Waals surface area contributed by atoms with Gasteiger partial charge in [-0.05, 0) is 65.7 Å². The van der Waals surface area contributed by atoms with Crippen LogP contribution in [-0.4, -0.2) is 0 Å². The molecular weight excluding hydrogens is 192 g/mol. The van der Waals surface area contributed by atoms with Gasteiger partial charge in [0, 0.05) is 0 Å². The monoisotopic (exact) mass is 221 g/mol. The maximum absolute atomic E-state index is 3.84. The highest BCUT2D eigenvalue weighted by atomic mass is 14.1. The molecule has 0 aromatic carbocycles. The van der Waals surface area contributed by atoms with Crippen molar-refractivity contribution in [3.05, 3.63) is 30.2 Å². The van der Waals surface area contributed by atoms with Crippen LogP contribution in [0.4, 0.5) is 0 Å². The van der Waals surface area contributed by atoms with Crippen LogP contribution in [0.5, 0.6) is 0 Å². The summed E-state index contributed by atoms with van der Waals surface area (Å²) >= 11 is 0. The van der Waals surface area contributed by atoms with Crippen LogP contribution >= 0.6 is 0 Å². The molecule has 0 rings (SSSR count). The summed E-state index contributed by atoms with van der Waals surface area (Å²) in [5, 5.41) is 0. The van der Waals surface area contributed by atoms with E-state index in [0.717, 1.165) is 12.3 Å². The zero-order valence-corrected chi connectivity index (χ0v) is 11.7. The number of allylic oxidation sites excluding steroid dienone is 4. The van der Waals surface area contributed by atoms with Crippen LogP contribution < -0.4 is 0 Å². The van der Waals surface area contributed by atoms with Gasteiger partial charge < -0.3 is 0 Å². The maximum atomic E-state index is 3.84. The Morgan fingerprint density at radius 1 is 1.12 bits per heavy atom. The van der Waals surface area contributed by atoms with Crippen molar-refractivity contribution in [2.75, 3.05) is 0 Å². The Kier molecular flexibility index (Phi) is 9.37. The molecule has 1 unspecified atom stereocenters. The lowest BCUT2D eigenvalue weighted by molar-refractivity contribution is 0.478. The molecule has 0 heteroatoms. The highest BCUT2D eigenvalue weighted by Gasteiger charge is 2.01. The molecule has 0 bridgehead atoms. The largest absolute Gasteiger partial charge is 0.0859 e. The molecule has 0 spiro atoms. The molecule has 0 aliphatic heterocycles. The first-order chi connectivity index (χ1) is 7.56. The molecule has 0 heterocycles. The van der Waals surface area contributed by atoms with Crippen molar-refractivity contribution >= 4 is 0 Å². The van der Waals surface area contributed by atoms with Gasteiger partial charge in [0.1, 0.15) is 0 Å². The molecule has 0 aliphatic carbocycles. The molecule has 0 fully saturated rings. The van der Waals surface area contributed by atoms with Crippen LogP contribution in [-0.2, 0) is 0 Å². The van der Waals surface area contributed by atoms with Crippen molar-refractivity contribution < 1.29 is 0 Å². The van der Waals surface area contributed by atoms with Gasteiger partial charge in [0.25, 0.3) is 0 Å². The van der Waals surface area contributed by atoms with Gasteiger partial charge in [0.2, 0.25) is 0 Å². The fourth-order valence-corrected chi connectivity index (χ4v) is 1.88. The Bertz CT molecular complexity index is 216. The predicted molar refractivity (Wildman–Crippen MR) is 75.4 cm³/mol. The van der Waals surface area contributed by atoms with Gasteiger partial charge in [-0.25, -0.2) is 0 Å². The lowest BCUT2D eigenvalue weighted by Gasteiger charge is -2.10. The second kappa shape index (κ2) is 9.69. The van der Waals surface area contributed by atoms with Crippen molar-refractivity contribution in [3.8, 4) is 0 Å². The molecule has 1 atom stereocenters. The Hall–Kier alpha value is -0.520. The standard InChI is InChI=1S/C16H29/c1-6-9-15(4)12-8-13-16(5)11-7-10-14(2)3/h9-10,16H,1,6-8,11-13H2,2-5H3/b15-9+. The average molecular weight is 221 g/mol. The summed E-state index contributed by atoms with van der Waals surface area (Å²) in [5.74, 6) is 0.864. The number of hydrogen-bond acceptors (Lipinski definition) is 0. The minimum atomic E-state index is 0.864. The van der Waals surface area contributed by atoms with Crippen LogP contribution in [0.2, 0.25) is 0 Å². The van der Waals surface area contributed by atoms with Gasteiger partial charge >= 0.3 is 0 Å². The Morgan fingerprint density at radius 2 is 1.81 bits per heavy atom. The molecule has 0 aromatic rings. The van der Waals surface area contributed by atoms with Crippen LogP contribution in [0.15, 0.2) is 23.3 Å². The second-order valence-corrected chi connectivity index (χ2v) is 5.20. The van der Waals surface area contributed by atoms with Crippen molar-refractivity contribution in [2.45, 2.75) is 66.2 Å². The van der Waals surface area contributed by atoms with E-state index >= 15 is 0 Å². The topological polar surface area (TPSA) is 0 Å². The van der Waals surface area contributed by atoms with E-state index in [2.05, 4.69) is 46.8 Å². The number of hydrogen-bond donors (Lipinski definition) is 0. The van der Waals surface area contributed by atoms with Crippen LogP contribution in [0.3, 0.4) is 0 Å². The van der Waals surface area contributed by atoms with E-state index in [9.17, 15) is 0 Å². The molecule has 0 saturated heterocycles. The fraction of sp³-hybridized carbons (Fsp3) is 0.688. The molecule has 16 heavy (non-hydrogen) atoms. The Balaban J connectivity index is 3.54. The van der Waals surface area contributed by atoms with E-state index in [0.29, 0.717) is 0 Å². The van der Waals surface area contributed by atoms with E-state index in [1.807, 2.05) is 0 Å². The van der Waals surface area contributed by atoms with E-state index in [1.54, 1.807) is 0 Å². The van der Waals surface area contributed by atoms with Gasteiger partial charge in [0.15, 0.2) is 0 Å². The highest BCUT2D eigenvalue weighted by Crippen LogP contribution is 2.17. The second-order valence-electron chi connectivity index (χ2n) is 5.20. The maximum Gasteiger partial charge on any atom is -0.0323 e. The molecule has 0 aromatic heterocycles. The van der Waals surface area contributed by atoms with Crippen molar-refractivity contribution in [2.24, 2.45) is 5.92 Å². The van der Waals surface area contributed by atoms with Crippen molar-refractivity contribution in [1.82, 2.24) is 0 Å². The van der Waals surface area contributed by atoms with E-state index in [-0.39, 0.29) is 0 Å². The fourth-order valence-electron chi connectivity index (χ4n) is 1.88. The van der Waals surface area contributed by atoms with Gasteiger partial charge in [-0.3, -0.25) is 0 Å². The van der Waals surface area contributed by atoms with Gasteiger partial charge in [-0.15, -0.1) is 0 Å². The molecule has 0 nitrogen and oxygen atoms in total. The molecular formula is C16H29. The lowest BCUT2D eigenvalue weighted by atomic mass is 9.96. The molecule has 0 saturated carbocycles. The van der Waals surface area contributed by atoms with Crippen LogP contribution in [0, 0.1) is 12.8 Å². The lowest BCUT2D eigenvalue weighted by Crippen LogP contribution is -1.94. The highest BCUT2D eigenvalue weighted by molar-refractivity contribution is 4.98. The minimum absolute atomic E-state index is 0.864. The van der Waals surface area contributed by atoms with Crippen LogP contribution in [0.1, 0.15) is 66.2 Å². The molecule has 0 amide bonds. The summed E-state index contributed by atoms with van der Waals surface area (Å²) in [4.78, 5) is 0. The molecule has 1 radical (unpaired) electrons. The minimum Gasteiger partial charge on any atom is -0.0859 e. The Morgan fingerprint density at radius 3 is 2.38 bits per heavy atom. The van der Waals surface area contributed by atoms with E-state index in [1.165, 1.54) is 43.3 Å². The SMILES string of the molecule is [CH2]C/C=C(\C)CCCC(C)CCC=C(C)C. The molecule has 0 N–H and O–H groups in total. The number of rotatable bonds is 8. The summed E-state index contributed by atoms with van der Waals surface area (Å²) in [6.07, 6.45) is 12.1. The van der Waals surface area contributed by atoms with Crippen molar-refractivity contribution in [3.63, 3.8) is 0 Å². The van der Waals surface area contributed by atoms with E-state index < -0.39 is 0 Å². The summed E-state index contributed by atoms with van der Waals surface area (Å²) in [6, 6.07) is 0. The smallest absolute Gasteiger partial charge is 0.0323 e. The first-order valence-corrected chi connectivity index (χ1v) is 6.64. The zero-order valence-electron chi connectivity index (χ0n) is 11.7. The quantitative estimate of drug-likeness (QED) is 0.460. The van der Waals surface area contributed by atoms with Crippen molar-refractivity contribution in [1.29, 1.82) is 0 Å². The summed E-state index contributed by atoms with van der Waals surface area (Å²) < 4.78 is 0. The molecule has 93 valence electrons. The third-order valence-electron chi connectivity index (χ3n) is 2.97. The first-order valence-electron chi connectivity index (χ1n) is 6.64. The van der Waals surface area contributed by atoms with E-state index in [4.69, 9.17) is 0 Å². The summed E-state index contributed by atoms with van der Waals surface area (Å²) in [6.45, 7) is 12.8. The third kappa shape index (κ3) is 10.0. The normalized spacial score (nSPS) is 13.7. The van der Waals surface area contributed by atoms with Gasteiger partial charge in [-0.2, -0.15) is 0 Å². The predicted octanol–water partition coefficient (Wildman–Crippen LogP) is 5.71.